The van der Waals surface area contributed by atoms with Crippen LogP contribution in [0, 0.1) is 0 Å². The molecule has 26 heavy (non-hydrogen) atoms. The van der Waals surface area contributed by atoms with Gasteiger partial charge in [-0.15, -0.1) is 0 Å². The Labute approximate surface area is 154 Å². The summed E-state index contributed by atoms with van der Waals surface area (Å²) in [6.45, 7) is 6.93. The van der Waals surface area contributed by atoms with Gasteiger partial charge in [0.2, 0.25) is 0 Å². The third-order valence-electron chi connectivity index (χ3n) is 4.51. The maximum Gasteiger partial charge on any atom is 0.410 e. The minimum atomic E-state index is -0.496. The number of rotatable bonds is 2. The molecule has 1 aromatic heterocycles. The second kappa shape index (κ2) is 6.97. The molecule has 0 spiro atoms. The van der Waals surface area contributed by atoms with E-state index in [4.69, 9.17) is 10.5 Å². The number of carbonyl (C=O) groups is 1. The topological polar surface area (TPSA) is 84.6 Å². The monoisotopic (exact) mass is 357 g/mol. The summed E-state index contributed by atoms with van der Waals surface area (Å²) in [7, 11) is 1.96. The van der Waals surface area contributed by atoms with Crippen LogP contribution in [0.2, 0.25) is 0 Å². The number of aromatic nitrogens is 2. The number of amides is 1. The number of likely N-dealkylation sites (N-methyl/N-ethyl adjacent to an activating group) is 1. The normalized spacial score (nSPS) is 18.0. The fourth-order valence-corrected chi connectivity index (χ4v) is 3.20. The standard InChI is InChI=1S/C19H27N5O2/c1-19(2,3)26-18(25)24-11-7-8-13(12-24)23(4)17-16(20)21-14-9-5-6-10-15(14)22-17/h5-6,9-10,13H,7-8,11-12H2,1-4H3,(H2,20,21)/t13-/m0/s1. The number of hydrogen-bond acceptors (Lipinski definition) is 6. The number of piperidine rings is 1. The summed E-state index contributed by atoms with van der Waals surface area (Å²) < 4.78 is 5.51. The number of nitrogens with two attached hydrogens (primary N) is 1. The van der Waals surface area contributed by atoms with Gasteiger partial charge in [-0.1, -0.05) is 12.1 Å². The number of para-hydroxylation sites is 2. The van der Waals surface area contributed by atoms with Gasteiger partial charge in [0.15, 0.2) is 11.6 Å². The highest BCUT2D eigenvalue weighted by Gasteiger charge is 2.30. The lowest BCUT2D eigenvalue weighted by atomic mass is 10.0. The minimum absolute atomic E-state index is 0.119. The first-order valence-electron chi connectivity index (χ1n) is 8.97. The Morgan fingerprint density at radius 3 is 2.58 bits per heavy atom. The van der Waals surface area contributed by atoms with Crippen molar-refractivity contribution < 1.29 is 9.53 Å². The molecule has 2 N–H and O–H groups in total. The van der Waals surface area contributed by atoms with E-state index in [9.17, 15) is 4.79 Å². The van der Waals surface area contributed by atoms with Crippen LogP contribution >= 0.6 is 0 Å². The predicted molar refractivity (Wildman–Crippen MR) is 103 cm³/mol. The molecule has 2 aromatic rings. The van der Waals surface area contributed by atoms with Crippen LogP contribution in [0.25, 0.3) is 11.0 Å². The molecule has 1 atom stereocenters. The molecule has 0 unspecified atom stereocenters. The highest BCUT2D eigenvalue weighted by Crippen LogP contribution is 2.26. The summed E-state index contributed by atoms with van der Waals surface area (Å²) in [6.07, 6.45) is 1.60. The number of hydrogen-bond donors (Lipinski definition) is 1. The number of nitrogen functional groups attached to an aromatic ring is 1. The quantitative estimate of drug-likeness (QED) is 0.889. The van der Waals surface area contributed by atoms with Crippen molar-refractivity contribution in [2.75, 3.05) is 30.8 Å². The van der Waals surface area contributed by atoms with Crippen molar-refractivity contribution in [3.63, 3.8) is 0 Å². The van der Waals surface area contributed by atoms with Gasteiger partial charge < -0.3 is 20.3 Å². The Bertz CT molecular complexity index is 802. The first kappa shape index (κ1) is 18.2. The van der Waals surface area contributed by atoms with Crippen LogP contribution in [-0.2, 0) is 4.74 Å². The van der Waals surface area contributed by atoms with Crippen LogP contribution < -0.4 is 10.6 Å². The van der Waals surface area contributed by atoms with Crippen LogP contribution in [0.4, 0.5) is 16.4 Å². The number of fused-ring (bicyclic) bond motifs is 1. The van der Waals surface area contributed by atoms with Gasteiger partial charge in [0.05, 0.1) is 11.0 Å². The molecule has 1 aromatic carbocycles. The Balaban J connectivity index is 1.78. The van der Waals surface area contributed by atoms with Gasteiger partial charge >= 0.3 is 6.09 Å². The van der Waals surface area contributed by atoms with Crippen molar-refractivity contribution in [1.29, 1.82) is 0 Å². The Morgan fingerprint density at radius 2 is 1.92 bits per heavy atom. The molecule has 3 rings (SSSR count). The van der Waals surface area contributed by atoms with Crippen LogP contribution in [-0.4, -0.2) is 52.7 Å². The molecule has 1 saturated heterocycles. The maximum absolute atomic E-state index is 12.4. The molecule has 1 aliphatic heterocycles. The van der Waals surface area contributed by atoms with Gasteiger partial charge in [-0.05, 0) is 45.7 Å². The summed E-state index contributed by atoms with van der Waals surface area (Å²) in [5.74, 6) is 1.06. The van der Waals surface area contributed by atoms with Crippen molar-refractivity contribution in [1.82, 2.24) is 14.9 Å². The summed E-state index contributed by atoms with van der Waals surface area (Å²) >= 11 is 0. The molecule has 1 fully saturated rings. The predicted octanol–water partition coefficient (Wildman–Crippen LogP) is 3.05. The van der Waals surface area contributed by atoms with Crippen molar-refractivity contribution in [3.8, 4) is 0 Å². The van der Waals surface area contributed by atoms with Crippen molar-refractivity contribution in [3.05, 3.63) is 24.3 Å². The van der Waals surface area contributed by atoms with Crippen LogP contribution in [0.1, 0.15) is 33.6 Å². The summed E-state index contributed by atoms with van der Waals surface area (Å²) in [5, 5.41) is 0. The SMILES string of the molecule is CN(c1nc2ccccc2nc1N)[C@H]1CCCN(C(=O)OC(C)(C)C)C1. The van der Waals surface area contributed by atoms with E-state index in [0.29, 0.717) is 24.7 Å². The molecule has 0 saturated carbocycles. The molecule has 140 valence electrons. The Kier molecular flexibility index (Phi) is 4.89. The first-order chi connectivity index (χ1) is 12.2. The van der Waals surface area contributed by atoms with Crippen LogP contribution in [0.5, 0.6) is 0 Å². The molecule has 7 nitrogen and oxygen atoms in total. The molecule has 0 aliphatic carbocycles. The zero-order chi connectivity index (χ0) is 18.9. The first-order valence-corrected chi connectivity index (χ1v) is 8.97. The zero-order valence-electron chi connectivity index (χ0n) is 15.9. The molecule has 1 aliphatic rings. The Morgan fingerprint density at radius 1 is 1.27 bits per heavy atom. The van der Waals surface area contributed by atoms with Gasteiger partial charge in [0.25, 0.3) is 0 Å². The number of ether oxygens (including phenoxy) is 1. The van der Waals surface area contributed by atoms with E-state index in [1.807, 2.05) is 57.0 Å². The molecule has 1 amide bonds. The number of benzene rings is 1. The van der Waals surface area contributed by atoms with E-state index in [2.05, 4.69) is 9.97 Å². The highest BCUT2D eigenvalue weighted by atomic mass is 16.6. The van der Waals surface area contributed by atoms with E-state index in [1.165, 1.54) is 0 Å². The molecule has 7 heteroatoms. The fraction of sp³-hybridized carbons (Fsp3) is 0.526. The zero-order valence-corrected chi connectivity index (χ0v) is 15.9. The average molecular weight is 357 g/mol. The molecular weight excluding hydrogens is 330 g/mol. The van der Waals surface area contributed by atoms with Gasteiger partial charge in [-0.3, -0.25) is 0 Å². The van der Waals surface area contributed by atoms with Gasteiger partial charge in [0.1, 0.15) is 5.60 Å². The summed E-state index contributed by atoms with van der Waals surface area (Å²) in [6, 6.07) is 7.79. The Hall–Kier alpha value is -2.57. The molecular formula is C19H27N5O2. The van der Waals surface area contributed by atoms with Gasteiger partial charge in [-0.2, -0.15) is 0 Å². The summed E-state index contributed by atoms with van der Waals surface area (Å²) in [5.41, 5.74) is 7.24. The van der Waals surface area contributed by atoms with Gasteiger partial charge in [-0.25, -0.2) is 14.8 Å². The van der Waals surface area contributed by atoms with Crippen molar-refractivity contribution in [2.24, 2.45) is 0 Å². The van der Waals surface area contributed by atoms with Crippen LogP contribution in [0.15, 0.2) is 24.3 Å². The largest absolute Gasteiger partial charge is 0.444 e. The molecule has 0 radical (unpaired) electrons. The minimum Gasteiger partial charge on any atom is -0.444 e. The lowest BCUT2D eigenvalue weighted by Gasteiger charge is -2.38. The third kappa shape index (κ3) is 3.98. The average Bonchev–Trinajstić information content (AvgIpc) is 2.59. The van der Waals surface area contributed by atoms with Crippen molar-refractivity contribution in [2.45, 2.75) is 45.3 Å². The third-order valence-corrected chi connectivity index (χ3v) is 4.51. The molecule has 2 heterocycles. The van der Waals surface area contributed by atoms with Gasteiger partial charge in [0, 0.05) is 26.2 Å². The van der Waals surface area contributed by atoms with Crippen LogP contribution in [0.3, 0.4) is 0 Å². The second-order valence-corrected chi connectivity index (χ2v) is 7.75. The summed E-state index contributed by atoms with van der Waals surface area (Å²) in [4.78, 5) is 25.3. The smallest absolute Gasteiger partial charge is 0.410 e. The van der Waals surface area contributed by atoms with E-state index < -0.39 is 5.60 Å². The lowest BCUT2D eigenvalue weighted by Crippen LogP contribution is -2.50. The number of anilines is 2. The number of likely N-dealkylation sites (tertiary alicyclic amines) is 1. The van der Waals surface area contributed by atoms with E-state index in [0.717, 1.165) is 23.9 Å². The lowest BCUT2D eigenvalue weighted by molar-refractivity contribution is 0.0199. The number of carbonyl (C=O) groups excluding carboxylic acids is 1. The highest BCUT2D eigenvalue weighted by molar-refractivity contribution is 5.79. The second-order valence-electron chi connectivity index (χ2n) is 7.75. The maximum atomic E-state index is 12.4. The van der Waals surface area contributed by atoms with Crippen molar-refractivity contribution >= 4 is 28.8 Å². The van der Waals surface area contributed by atoms with E-state index in [-0.39, 0.29) is 12.1 Å². The fourth-order valence-electron chi connectivity index (χ4n) is 3.20. The van der Waals surface area contributed by atoms with E-state index in [1.54, 1.807) is 4.90 Å². The van der Waals surface area contributed by atoms with E-state index >= 15 is 0 Å². The number of nitrogens with zero attached hydrogens (tertiary/aromatic N) is 4. The molecule has 0 bridgehead atoms.